The molecule has 4 heteroatoms. The van der Waals surface area contributed by atoms with Crippen LogP contribution in [-0.2, 0) is 9.59 Å². The summed E-state index contributed by atoms with van der Waals surface area (Å²) in [5.74, 6) is -1.14. The lowest BCUT2D eigenvalue weighted by Crippen LogP contribution is -2.19. The normalized spacial score (nSPS) is 17.1. The molecule has 0 aromatic heterocycles. The molecule has 0 unspecified atom stereocenters. The van der Waals surface area contributed by atoms with E-state index in [4.69, 9.17) is 5.73 Å². The standard InChI is InChI=1S/C24H28FNO2/c1-6-22(25)23(19-9-7-8-14(2)12-19)16(4)15(3)20(18-10-11-18)13-21(17(5)27)24(26)28/h6-9,12-13,18H,10-11H2,1-5H3,(H2,26,28)/b20-15-,21-13+,22-6+,23-16-. The Morgan fingerprint density at radius 3 is 2.25 bits per heavy atom. The number of nitrogens with two attached hydrogens (primary N) is 1. The number of amides is 1. The lowest BCUT2D eigenvalue weighted by atomic mass is 9.89. The molecular formula is C24H28FNO2. The fourth-order valence-electron chi connectivity index (χ4n) is 3.31. The van der Waals surface area contributed by atoms with Gasteiger partial charge < -0.3 is 5.73 Å². The number of halogens is 1. The molecule has 1 aliphatic carbocycles. The number of Topliss-reactive ketones (excluding diaryl/α,β-unsaturated/α-hetero) is 1. The fraction of sp³-hybridized carbons (Fsp3) is 0.333. The summed E-state index contributed by atoms with van der Waals surface area (Å²) >= 11 is 0. The third-order valence-corrected chi connectivity index (χ3v) is 5.13. The number of carbonyl (C=O) groups is 2. The second-order valence-electron chi connectivity index (χ2n) is 7.34. The van der Waals surface area contributed by atoms with E-state index >= 15 is 0 Å². The number of hydrogen-bond donors (Lipinski definition) is 1. The van der Waals surface area contributed by atoms with Crippen LogP contribution in [0.15, 0.2) is 64.5 Å². The van der Waals surface area contributed by atoms with Crippen molar-refractivity contribution < 1.29 is 14.0 Å². The summed E-state index contributed by atoms with van der Waals surface area (Å²) in [6.07, 6.45) is 5.01. The topological polar surface area (TPSA) is 60.2 Å². The maximum Gasteiger partial charge on any atom is 0.252 e. The highest BCUT2D eigenvalue weighted by Crippen LogP contribution is 2.42. The molecule has 3 nitrogen and oxygen atoms in total. The van der Waals surface area contributed by atoms with E-state index in [9.17, 15) is 14.0 Å². The molecule has 1 aromatic carbocycles. The molecule has 1 aliphatic rings. The van der Waals surface area contributed by atoms with Crippen LogP contribution in [0.3, 0.4) is 0 Å². The van der Waals surface area contributed by atoms with Crippen LogP contribution >= 0.6 is 0 Å². The van der Waals surface area contributed by atoms with Gasteiger partial charge in [0.25, 0.3) is 5.91 Å². The SMILES string of the molecule is C\C=C(F)/C(=C(C)\C(C)=C(\C=C(/C(C)=O)C(N)=O)C1CC1)c1cccc(C)c1. The Kier molecular flexibility index (Phi) is 6.90. The summed E-state index contributed by atoms with van der Waals surface area (Å²) < 4.78 is 14.9. The van der Waals surface area contributed by atoms with Gasteiger partial charge >= 0.3 is 0 Å². The Labute approximate surface area is 166 Å². The lowest BCUT2D eigenvalue weighted by Gasteiger charge is -2.16. The van der Waals surface area contributed by atoms with Crippen molar-refractivity contribution >= 4 is 17.3 Å². The fourth-order valence-corrected chi connectivity index (χ4v) is 3.31. The first kappa shape index (κ1) is 21.5. The highest BCUT2D eigenvalue weighted by Gasteiger charge is 2.28. The summed E-state index contributed by atoms with van der Waals surface area (Å²) in [4.78, 5) is 23.5. The highest BCUT2D eigenvalue weighted by molar-refractivity contribution is 6.18. The van der Waals surface area contributed by atoms with E-state index in [0.29, 0.717) is 5.57 Å². The number of ketones is 1. The Bertz CT molecular complexity index is 912. The van der Waals surface area contributed by atoms with Crippen molar-refractivity contribution in [2.24, 2.45) is 11.7 Å². The van der Waals surface area contributed by atoms with Gasteiger partial charge in [0.2, 0.25) is 0 Å². The molecule has 0 bridgehead atoms. The van der Waals surface area contributed by atoms with Crippen LogP contribution in [0.4, 0.5) is 4.39 Å². The molecule has 2 N–H and O–H groups in total. The van der Waals surface area contributed by atoms with Crippen LogP contribution in [0.1, 0.15) is 51.7 Å². The number of hydrogen-bond acceptors (Lipinski definition) is 2. The van der Waals surface area contributed by atoms with Gasteiger partial charge in [-0.2, -0.15) is 0 Å². The van der Waals surface area contributed by atoms with E-state index in [-0.39, 0.29) is 23.1 Å². The zero-order valence-corrected chi connectivity index (χ0v) is 17.2. The van der Waals surface area contributed by atoms with Crippen LogP contribution in [0.2, 0.25) is 0 Å². The van der Waals surface area contributed by atoms with Crippen LogP contribution in [0.25, 0.3) is 5.57 Å². The van der Waals surface area contributed by atoms with Gasteiger partial charge in [0.05, 0.1) is 5.57 Å². The Morgan fingerprint density at radius 1 is 1.14 bits per heavy atom. The molecule has 148 valence electrons. The van der Waals surface area contributed by atoms with Crippen LogP contribution in [-0.4, -0.2) is 11.7 Å². The predicted molar refractivity (Wildman–Crippen MR) is 112 cm³/mol. The minimum absolute atomic E-state index is 0.0161. The first-order valence-electron chi connectivity index (χ1n) is 9.51. The second-order valence-corrected chi connectivity index (χ2v) is 7.34. The maximum atomic E-state index is 14.9. The van der Waals surface area contributed by atoms with Gasteiger partial charge in [0.1, 0.15) is 5.83 Å². The maximum absolute atomic E-state index is 14.9. The van der Waals surface area contributed by atoms with Gasteiger partial charge in [0.15, 0.2) is 5.78 Å². The van der Waals surface area contributed by atoms with Crippen LogP contribution < -0.4 is 5.73 Å². The average Bonchev–Trinajstić information content (AvgIpc) is 3.46. The van der Waals surface area contributed by atoms with E-state index in [2.05, 4.69) is 0 Å². The molecule has 0 radical (unpaired) electrons. The smallest absolute Gasteiger partial charge is 0.252 e. The summed E-state index contributed by atoms with van der Waals surface area (Å²) in [5.41, 5.74) is 10.3. The highest BCUT2D eigenvalue weighted by atomic mass is 19.1. The van der Waals surface area contributed by atoms with Crippen molar-refractivity contribution in [3.05, 3.63) is 75.7 Å². The van der Waals surface area contributed by atoms with Gasteiger partial charge in [0, 0.05) is 5.57 Å². The summed E-state index contributed by atoms with van der Waals surface area (Å²) in [6.45, 7) is 8.76. The molecule has 0 heterocycles. The van der Waals surface area contributed by atoms with Gasteiger partial charge in [-0.1, -0.05) is 35.9 Å². The molecule has 0 atom stereocenters. The first-order valence-corrected chi connectivity index (χ1v) is 9.51. The Hall–Kier alpha value is -2.75. The molecule has 0 saturated heterocycles. The molecule has 1 aromatic rings. The van der Waals surface area contributed by atoms with Gasteiger partial charge in [-0.3, -0.25) is 9.59 Å². The molecular weight excluding hydrogens is 353 g/mol. The summed E-state index contributed by atoms with van der Waals surface area (Å²) in [7, 11) is 0. The first-order chi connectivity index (χ1) is 13.2. The summed E-state index contributed by atoms with van der Waals surface area (Å²) in [5, 5.41) is 0. The van der Waals surface area contributed by atoms with E-state index in [1.165, 1.54) is 13.0 Å². The predicted octanol–water partition coefficient (Wildman–Crippen LogP) is 5.37. The largest absolute Gasteiger partial charge is 0.365 e. The average molecular weight is 381 g/mol. The van der Waals surface area contributed by atoms with Crippen molar-refractivity contribution in [1.29, 1.82) is 0 Å². The van der Waals surface area contributed by atoms with Crippen LogP contribution in [0, 0.1) is 12.8 Å². The molecule has 0 spiro atoms. The van der Waals surface area contributed by atoms with Crippen molar-refractivity contribution in [2.75, 3.05) is 0 Å². The number of primary amides is 1. The van der Waals surface area contributed by atoms with Crippen molar-refractivity contribution in [2.45, 2.75) is 47.5 Å². The second kappa shape index (κ2) is 8.96. The molecule has 1 saturated carbocycles. The summed E-state index contributed by atoms with van der Waals surface area (Å²) in [6, 6.07) is 7.71. The van der Waals surface area contributed by atoms with E-state index in [1.807, 2.05) is 45.0 Å². The zero-order chi connectivity index (χ0) is 21.0. The monoisotopic (exact) mass is 381 g/mol. The lowest BCUT2D eigenvalue weighted by molar-refractivity contribution is -0.119. The Morgan fingerprint density at radius 2 is 1.79 bits per heavy atom. The number of carbonyl (C=O) groups excluding carboxylic acids is 2. The Balaban J connectivity index is 2.74. The number of allylic oxidation sites excluding steroid dienone is 7. The molecule has 2 rings (SSSR count). The van der Waals surface area contributed by atoms with Crippen LogP contribution in [0.5, 0.6) is 0 Å². The number of benzene rings is 1. The number of rotatable bonds is 7. The zero-order valence-electron chi connectivity index (χ0n) is 17.2. The molecule has 1 fully saturated rings. The van der Waals surface area contributed by atoms with E-state index < -0.39 is 5.91 Å². The van der Waals surface area contributed by atoms with E-state index in [0.717, 1.165) is 40.7 Å². The van der Waals surface area contributed by atoms with Gasteiger partial charge in [-0.25, -0.2) is 4.39 Å². The van der Waals surface area contributed by atoms with Gasteiger partial charge in [-0.05, 0) is 81.7 Å². The molecule has 1 amide bonds. The minimum atomic E-state index is -0.737. The van der Waals surface area contributed by atoms with Gasteiger partial charge in [-0.15, -0.1) is 0 Å². The van der Waals surface area contributed by atoms with Crippen molar-refractivity contribution in [3.63, 3.8) is 0 Å². The third-order valence-electron chi connectivity index (χ3n) is 5.13. The molecule has 0 aliphatic heterocycles. The number of aryl methyl sites for hydroxylation is 1. The van der Waals surface area contributed by atoms with Crippen molar-refractivity contribution in [1.82, 2.24) is 0 Å². The minimum Gasteiger partial charge on any atom is -0.365 e. The van der Waals surface area contributed by atoms with Crippen molar-refractivity contribution in [3.8, 4) is 0 Å². The van der Waals surface area contributed by atoms with E-state index in [1.54, 1.807) is 13.0 Å². The molecule has 28 heavy (non-hydrogen) atoms. The quantitative estimate of drug-likeness (QED) is 0.299. The third kappa shape index (κ3) is 4.94.